The Morgan fingerprint density at radius 2 is 1.60 bits per heavy atom. The number of thiazole rings is 1. The van der Waals surface area contributed by atoms with Crippen LogP contribution in [0.5, 0.6) is 0 Å². The summed E-state index contributed by atoms with van der Waals surface area (Å²) in [7, 11) is 0. The first-order valence-corrected chi connectivity index (χ1v) is 11.9. The van der Waals surface area contributed by atoms with Crippen LogP contribution in [0.15, 0.2) is 41.1 Å². The van der Waals surface area contributed by atoms with Gasteiger partial charge < -0.3 is 9.80 Å². The number of aryl methyl sites for hydroxylation is 1. The quantitative estimate of drug-likeness (QED) is 0.581. The highest BCUT2D eigenvalue weighted by Gasteiger charge is 2.28. The van der Waals surface area contributed by atoms with Gasteiger partial charge in [-0.2, -0.15) is 11.3 Å². The minimum atomic E-state index is 0.0138. The summed E-state index contributed by atoms with van der Waals surface area (Å²) in [5, 5.41) is 4.95. The number of thiophene rings is 1. The van der Waals surface area contributed by atoms with E-state index in [-0.39, 0.29) is 11.8 Å². The number of carbonyl (C=O) groups is 2. The number of carbonyl (C=O) groups excluding carboxylic acids is 2. The van der Waals surface area contributed by atoms with E-state index in [1.54, 1.807) is 11.3 Å². The lowest BCUT2D eigenvalue weighted by atomic mass is 10.0. The lowest BCUT2D eigenvalue weighted by Gasteiger charge is -2.34. The van der Waals surface area contributed by atoms with Crippen LogP contribution >= 0.6 is 22.7 Å². The molecule has 5 nitrogen and oxygen atoms in total. The highest BCUT2D eigenvalue weighted by atomic mass is 32.1. The molecular weight excluding hydrogens is 414 g/mol. The fraction of sp³-hybridized carbons (Fsp3) is 0.348. The number of hydrogen-bond acceptors (Lipinski definition) is 5. The number of benzene rings is 1. The number of rotatable bonds is 4. The predicted molar refractivity (Wildman–Crippen MR) is 123 cm³/mol. The van der Waals surface area contributed by atoms with Crippen LogP contribution in [0.25, 0.3) is 10.6 Å². The van der Waals surface area contributed by atoms with Gasteiger partial charge in [-0.25, -0.2) is 4.98 Å². The Labute approximate surface area is 185 Å². The summed E-state index contributed by atoms with van der Waals surface area (Å²) in [5.41, 5.74) is 3.77. The van der Waals surface area contributed by atoms with Gasteiger partial charge in [0.2, 0.25) is 0 Å². The van der Waals surface area contributed by atoms with Crippen molar-refractivity contribution in [2.75, 3.05) is 26.2 Å². The molecule has 30 heavy (non-hydrogen) atoms. The largest absolute Gasteiger partial charge is 0.335 e. The molecule has 3 aromatic rings. The van der Waals surface area contributed by atoms with Gasteiger partial charge in [0.25, 0.3) is 11.8 Å². The van der Waals surface area contributed by atoms with Gasteiger partial charge in [-0.05, 0) is 42.0 Å². The molecule has 4 rings (SSSR count). The number of hydrogen-bond donors (Lipinski definition) is 0. The van der Waals surface area contributed by atoms with E-state index in [9.17, 15) is 9.59 Å². The zero-order chi connectivity index (χ0) is 21.3. The Morgan fingerprint density at radius 3 is 2.17 bits per heavy atom. The molecule has 3 heterocycles. The van der Waals surface area contributed by atoms with Crippen molar-refractivity contribution in [3.05, 3.63) is 62.8 Å². The normalized spacial score (nSPS) is 14.4. The van der Waals surface area contributed by atoms with E-state index in [0.29, 0.717) is 42.5 Å². The number of piperazine rings is 1. The molecule has 0 N–H and O–H groups in total. The molecule has 0 unspecified atom stereocenters. The Balaban J connectivity index is 1.39. The maximum atomic E-state index is 13.0. The standard InChI is InChI=1S/C23H25N3O2S2/c1-15(2)17-4-6-18(7-5-17)22(27)25-9-11-26(12-10-25)23(28)20-16(3)24-21(30-20)19-8-13-29-14-19/h4-8,13-15H,9-12H2,1-3H3. The van der Waals surface area contributed by atoms with Crippen LogP contribution in [0.4, 0.5) is 0 Å². The van der Waals surface area contributed by atoms with E-state index in [4.69, 9.17) is 0 Å². The van der Waals surface area contributed by atoms with Crippen LogP contribution in [-0.2, 0) is 0 Å². The van der Waals surface area contributed by atoms with Crippen LogP contribution in [0.3, 0.4) is 0 Å². The monoisotopic (exact) mass is 439 g/mol. The molecule has 0 spiro atoms. The summed E-state index contributed by atoms with van der Waals surface area (Å²) < 4.78 is 0. The van der Waals surface area contributed by atoms with Crippen molar-refractivity contribution in [3.8, 4) is 10.6 Å². The molecule has 1 aromatic carbocycles. The maximum Gasteiger partial charge on any atom is 0.265 e. The second-order valence-corrected chi connectivity index (χ2v) is 9.59. The molecule has 0 radical (unpaired) electrons. The second-order valence-electron chi connectivity index (χ2n) is 7.81. The number of nitrogens with zero attached hydrogens (tertiary/aromatic N) is 3. The van der Waals surface area contributed by atoms with Crippen LogP contribution in [-0.4, -0.2) is 52.8 Å². The van der Waals surface area contributed by atoms with Crippen LogP contribution in [0.2, 0.25) is 0 Å². The van der Waals surface area contributed by atoms with E-state index >= 15 is 0 Å². The first kappa shape index (κ1) is 20.8. The summed E-state index contributed by atoms with van der Waals surface area (Å²) >= 11 is 3.07. The minimum Gasteiger partial charge on any atom is -0.335 e. The third-order valence-electron chi connectivity index (χ3n) is 5.44. The zero-order valence-electron chi connectivity index (χ0n) is 17.4. The molecule has 2 aromatic heterocycles. The van der Waals surface area contributed by atoms with Gasteiger partial charge in [-0.1, -0.05) is 26.0 Å². The van der Waals surface area contributed by atoms with Gasteiger partial charge in [-0.15, -0.1) is 11.3 Å². The highest BCUT2D eigenvalue weighted by Crippen LogP contribution is 2.30. The molecule has 0 aliphatic carbocycles. The molecule has 1 aliphatic heterocycles. The summed E-state index contributed by atoms with van der Waals surface area (Å²) in [6.07, 6.45) is 0. The van der Waals surface area contributed by atoms with Crippen LogP contribution < -0.4 is 0 Å². The molecule has 156 valence electrons. The molecule has 2 amide bonds. The topological polar surface area (TPSA) is 53.5 Å². The van der Waals surface area contributed by atoms with Crippen molar-refractivity contribution < 1.29 is 9.59 Å². The maximum absolute atomic E-state index is 13.0. The highest BCUT2D eigenvalue weighted by molar-refractivity contribution is 7.17. The zero-order valence-corrected chi connectivity index (χ0v) is 19.1. The molecule has 0 bridgehead atoms. The smallest absolute Gasteiger partial charge is 0.265 e. The van der Waals surface area contributed by atoms with Crippen molar-refractivity contribution in [2.45, 2.75) is 26.7 Å². The summed E-state index contributed by atoms with van der Waals surface area (Å²) in [5.74, 6) is 0.491. The van der Waals surface area contributed by atoms with Crippen molar-refractivity contribution in [1.82, 2.24) is 14.8 Å². The van der Waals surface area contributed by atoms with Gasteiger partial charge >= 0.3 is 0 Å². The Kier molecular flexibility index (Phi) is 6.01. The van der Waals surface area contributed by atoms with E-state index in [0.717, 1.165) is 16.3 Å². The van der Waals surface area contributed by atoms with E-state index < -0.39 is 0 Å². The fourth-order valence-electron chi connectivity index (χ4n) is 3.55. The van der Waals surface area contributed by atoms with Gasteiger partial charge in [0, 0.05) is 42.7 Å². The average molecular weight is 440 g/mol. The lowest BCUT2D eigenvalue weighted by molar-refractivity contribution is 0.0537. The van der Waals surface area contributed by atoms with Crippen molar-refractivity contribution in [1.29, 1.82) is 0 Å². The lowest BCUT2D eigenvalue weighted by Crippen LogP contribution is -2.50. The summed E-state index contributed by atoms with van der Waals surface area (Å²) in [6.45, 7) is 8.35. The Morgan fingerprint density at radius 1 is 0.967 bits per heavy atom. The van der Waals surface area contributed by atoms with Gasteiger partial charge in [0.1, 0.15) is 9.88 Å². The van der Waals surface area contributed by atoms with Crippen molar-refractivity contribution in [2.24, 2.45) is 0 Å². The van der Waals surface area contributed by atoms with Gasteiger partial charge in [0.05, 0.1) is 5.69 Å². The molecule has 0 saturated carbocycles. The van der Waals surface area contributed by atoms with E-state index in [1.807, 2.05) is 57.8 Å². The summed E-state index contributed by atoms with van der Waals surface area (Å²) in [6, 6.07) is 9.88. The van der Waals surface area contributed by atoms with E-state index in [2.05, 4.69) is 18.8 Å². The van der Waals surface area contributed by atoms with Crippen molar-refractivity contribution in [3.63, 3.8) is 0 Å². The third-order valence-corrected chi connectivity index (χ3v) is 7.32. The number of amides is 2. The van der Waals surface area contributed by atoms with Gasteiger partial charge in [0.15, 0.2) is 0 Å². The SMILES string of the molecule is Cc1nc(-c2ccsc2)sc1C(=O)N1CCN(C(=O)c2ccc(C(C)C)cc2)CC1. The van der Waals surface area contributed by atoms with Crippen LogP contribution in [0.1, 0.15) is 51.1 Å². The van der Waals surface area contributed by atoms with Crippen molar-refractivity contribution >= 4 is 34.5 Å². The fourth-order valence-corrected chi connectivity index (χ4v) is 5.30. The molecule has 1 aliphatic rings. The molecule has 0 atom stereocenters. The molecular formula is C23H25N3O2S2. The second kappa shape index (κ2) is 8.70. The molecule has 1 saturated heterocycles. The number of aromatic nitrogens is 1. The summed E-state index contributed by atoms with van der Waals surface area (Å²) in [4.78, 5) is 34.8. The third kappa shape index (κ3) is 4.18. The molecule has 1 fully saturated rings. The first-order chi connectivity index (χ1) is 14.4. The van der Waals surface area contributed by atoms with Gasteiger partial charge in [-0.3, -0.25) is 9.59 Å². The Bertz CT molecular complexity index is 1030. The Hall–Kier alpha value is -2.51. The average Bonchev–Trinajstić information content (AvgIpc) is 3.43. The molecule has 7 heteroatoms. The van der Waals surface area contributed by atoms with E-state index in [1.165, 1.54) is 16.9 Å². The van der Waals surface area contributed by atoms with Crippen LogP contribution in [0, 0.1) is 6.92 Å². The minimum absolute atomic E-state index is 0.0138. The first-order valence-electron chi connectivity index (χ1n) is 10.1. The predicted octanol–water partition coefficient (Wildman–Crippen LogP) is 4.90.